The van der Waals surface area contributed by atoms with Crippen molar-refractivity contribution < 1.29 is 19.1 Å². The van der Waals surface area contributed by atoms with Crippen molar-refractivity contribution >= 4 is 17.8 Å². The molecule has 0 aromatic heterocycles. The van der Waals surface area contributed by atoms with Crippen molar-refractivity contribution in [3.8, 4) is 5.75 Å². The molecule has 1 rings (SSSR count). The molecule has 0 spiro atoms. The highest BCUT2D eigenvalue weighted by Gasteiger charge is 2.23. The van der Waals surface area contributed by atoms with Gasteiger partial charge in [-0.2, -0.15) is 0 Å². The van der Waals surface area contributed by atoms with Crippen molar-refractivity contribution in [2.45, 2.75) is 26.3 Å². The number of primary amides is 1. The predicted molar refractivity (Wildman–Crippen MR) is 68.1 cm³/mol. The van der Waals surface area contributed by atoms with E-state index in [1.165, 1.54) is 13.0 Å². The molecule has 6 heteroatoms. The molecule has 0 fully saturated rings. The molecule has 1 atom stereocenters. The standard InChI is InChI=1S/C13H16N2O4/c1-3-11(17)15-12(13(14)18)9-6-4-5-7-10(9)19-8(2)16/h4-7,12H,3H2,1-2H3,(H2,14,18)(H,15,17). The number of nitrogens with two attached hydrogens (primary N) is 1. The van der Waals surface area contributed by atoms with Gasteiger partial charge in [-0.15, -0.1) is 0 Å². The monoisotopic (exact) mass is 264 g/mol. The number of carbonyl (C=O) groups is 3. The van der Waals surface area contributed by atoms with E-state index in [0.29, 0.717) is 5.56 Å². The summed E-state index contributed by atoms with van der Waals surface area (Å²) < 4.78 is 4.99. The Morgan fingerprint density at radius 1 is 1.32 bits per heavy atom. The summed E-state index contributed by atoms with van der Waals surface area (Å²) >= 11 is 0. The van der Waals surface area contributed by atoms with Gasteiger partial charge in [0.25, 0.3) is 0 Å². The molecule has 0 aliphatic carbocycles. The molecule has 0 radical (unpaired) electrons. The van der Waals surface area contributed by atoms with E-state index in [0.717, 1.165) is 0 Å². The highest BCUT2D eigenvalue weighted by atomic mass is 16.5. The summed E-state index contributed by atoms with van der Waals surface area (Å²) in [5.41, 5.74) is 5.63. The van der Waals surface area contributed by atoms with Crippen molar-refractivity contribution in [2.75, 3.05) is 0 Å². The molecule has 3 N–H and O–H groups in total. The second kappa shape index (κ2) is 6.53. The minimum absolute atomic E-state index is 0.204. The quantitative estimate of drug-likeness (QED) is 0.603. The van der Waals surface area contributed by atoms with Gasteiger partial charge in [-0.25, -0.2) is 0 Å². The number of amides is 2. The first-order valence-corrected chi connectivity index (χ1v) is 5.81. The maximum Gasteiger partial charge on any atom is 0.308 e. The molecule has 1 aromatic rings. The van der Waals surface area contributed by atoms with Crippen molar-refractivity contribution in [1.82, 2.24) is 5.32 Å². The summed E-state index contributed by atoms with van der Waals surface area (Å²) in [7, 11) is 0. The smallest absolute Gasteiger partial charge is 0.308 e. The van der Waals surface area contributed by atoms with Crippen LogP contribution in [0.15, 0.2) is 24.3 Å². The molecule has 102 valence electrons. The number of benzene rings is 1. The lowest BCUT2D eigenvalue weighted by molar-refractivity contribution is -0.132. The van der Waals surface area contributed by atoms with Crippen LogP contribution in [0.3, 0.4) is 0 Å². The molecule has 0 aliphatic rings. The van der Waals surface area contributed by atoms with Gasteiger partial charge in [0.1, 0.15) is 11.8 Å². The molecule has 0 saturated carbocycles. The normalized spacial score (nSPS) is 11.5. The van der Waals surface area contributed by atoms with Gasteiger partial charge in [-0.05, 0) is 6.07 Å². The fraction of sp³-hybridized carbons (Fsp3) is 0.308. The highest BCUT2D eigenvalue weighted by Crippen LogP contribution is 2.25. The second-order valence-electron chi connectivity index (χ2n) is 3.89. The molecular weight excluding hydrogens is 248 g/mol. The van der Waals surface area contributed by atoms with Crippen LogP contribution in [0.5, 0.6) is 5.75 Å². The van der Waals surface area contributed by atoms with E-state index in [4.69, 9.17) is 10.5 Å². The Balaban J connectivity index is 3.11. The summed E-state index contributed by atoms with van der Waals surface area (Å²) in [6.45, 7) is 2.91. The lowest BCUT2D eigenvalue weighted by Gasteiger charge is -2.18. The van der Waals surface area contributed by atoms with Crippen LogP contribution in [0.1, 0.15) is 31.9 Å². The second-order valence-corrected chi connectivity index (χ2v) is 3.89. The number of carbonyl (C=O) groups excluding carboxylic acids is 3. The van der Waals surface area contributed by atoms with Crippen molar-refractivity contribution in [3.63, 3.8) is 0 Å². The van der Waals surface area contributed by atoms with Gasteiger partial charge in [0.15, 0.2) is 0 Å². The van der Waals surface area contributed by atoms with Gasteiger partial charge >= 0.3 is 5.97 Å². The number of hydrogen-bond donors (Lipinski definition) is 2. The number of nitrogens with one attached hydrogen (secondary N) is 1. The van der Waals surface area contributed by atoms with Crippen LogP contribution in [0.2, 0.25) is 0 Å². The van der Waals surface area contributed by atoms with Crippen LogP contribution in [-0.4, -0.2) is 17.8 Å². The third kappa shape index (κ3) is 4.09. The van der Waals surface area contributed by atoms with Crippen LogP contribution in [-0.2, 0) is 14.4 Å². The summed E-state index contributed by atoms with van der Waals surface area (Å²) in [6.07, 6.45) is 0.222. The first-order valence-electron chi connectivity index (χ1n) is 5.81. The van der Waals surface area contributed by atoms with Gasteiger partial charge in [-0.3, -0.25) is 14.4 Å². The highest BCUT2D eigenvalue weighted by molar-refractivity contribution is 5.88. The van der Waals surface area contributed by atoms with E-state index >= 15 is 0 Å². The first kappa shape index (κ1) is 14.7. The Morgan fingerprint density at radius 2 is 1.95 bits per heavy atom. The number of hydrogen-bond acceptors (Lipinski definition) is 4. The van der Waals surface area contributed by atoms with E-state index in [1.54, 1.807) is 25.1 Å². The molecule has 1 aromatic carbocycles. The van der Waals surface area contributed by atoms with Gasteiger partial charge in [0.2, 0.25) is 11.8 Å². The predicted octanol–water partition coefficient (Wildman–Crippen LogP) is 0.664. The Morgan fingerprint density at radius 3 is 2.47 bits per heavy atom. The summed E-state index contributed by atoms with van der Waals surface area (Å²) in [5, 5.41) is 2.49. The van der Waals surface area contributed by atoms with E-state index in [-0.39, 0.29) is 18.1 Å². The Kier molecular flexibility index (Phi) is 5.05. The molecule has 2 amide bonds. The largest absolute Gasteiger partial charge is 0.426 e. The first-order chi connectivity index (χ1) is 8.95. The number of esters is 1. The van der Waals surface area contributed by atoms with Gasteiger partial charge in [0.05, 0.1) is 0 Å². The zero-order chi connectivity index (χ0) is 14.4. The Bertz CT molecular complexity index is 499. The molecule has 6 nitrogen and oxygen atoms in total. The maximum absolute atomic E-state index is 11.5. The minimum atomic E-state index is -1.03. The average molecular weight is 264 g/mol. The van der Waals surface area contributed by atoms with Gasteiger partial charge in [-0.1, -0.05) is 25.1 Å². The van der Waals surface area contributed by atoms with E-state index in [9.17, 15) is 14.4 Å². The maximum atomic E-state index is 11.5. The van der Waals surface area contributed by atoms with Crippen LogP contribution >= 0.6 is 0 Å². The zero-order valence-electron chi connectivity index (χ0n) is 10.8. The summed E-state index contributed by atoms with van der Waals surface area (Å²) in [5.74, 6) is -1.35. The van der Waals surface area contributed by atoms with Crippen LogP contribution in [0.25, 0.3) is 0 Å². The minimum Gasteiger partial charge on any atom is -0.426 e. The van der Waals surface area contributed by atoms with E-state index in [2.05, 4.69) is 5.32 Å². The summed E-state index contributed by atoms with van der Waals surface area (Å²) in [6, 6.07) is 5.40. The van der Waals surface area contributed by atoms with E-state index < -0.39 is 17.9 Å². The molecule has 1 unspecified atom stereocenters. The third-order valence-electron chi connectivity index (χ3n) is 2.39. The Labute approximate surface area is 110 Å². The van der Waals surface area contributed by atoms with Crippen LogP contribution < -0.4 is 15.8 Å². The van der Waals surface area contributed by atoms with Crippen molar-refractivity contribution in [3.05, 3.63) is 29.8 Å². The topological polar surface area (TPSA) is 98.5 Å². The molecule has 0 heterocycles. The number of rotatable bonds is 5. The molecule has 19 heavy (non-hydrogen) atoms. The van der Waals surface area contributed by atoms with Crippen LogP contribution in [0, 0.1) is 0 Å². The lowest BCUT2D eigenvalue weighted by atomic mass is 10.0. The Hall–Kier alpha value is -2.37. The fourth-order valence-corrected chi connectivity index (χ4v) is 1.53. The van der Waals surface area contributed by atoms with Gasteiger partial charge in [0, 0.05) is 18.9 Å². The van der Waals surface area contributed by atoms with Crippen molar-refractivity contribution in [2.24, 2.45) is 5.73 Å². The third-order valence-corrected chi connectivity index (χ3v) is 2.39. The number of ether oxygens (including phenoxy) is 1. The van der Waals surface area contributed by atoms with Crippen molar-refractivity contribution in [1.29, 1.82) is 0 Å². The SMILES string of the molecule is CCC(=O)NC(C(N)=O)c1ccccc1OC(C)=O. The zero-order valence-corrected chi connectivity index (χ0v) is 10.8. The molecule has 0 aliphatic heterocycles. The summed E-state index contributed by atoms with van der Waals surface area (Å²) in [4.78, 5) is 33.9. The molecular formula is C13H16N2O4. The van der Waals surface area contributed by atoms with E-state index in [1.807, 2.05) is 0 Å². The van der Waals surface area contributed by atoms with Gasteiger partial charge < -0.3 is 15.8 Å². The molecule has 0 saturated heterocycles. The lowest BCUT2D eigenvalue weighted by Crippen LogP contribution is -2.37. The van der Waals surface area contributed by atoms with Crippen LogP contribution in [0.4, 0.5) is 0 Å². The number of para-hydroxylation sites is 1. The molecule has 0 bridgehead atoms. The average Bonchev–Trinajstić information content (AvgIpc) is 2.35. The fourth-order valence-electron chi connectivity index (χ4n) is 1.53.